The van der Waals surface area contributed by atoms with Gasteiger partial charge in [-0.05, 0) is 54.7 Å². The Labute approximate surface area is 119 Å². The molecule has 1 aliphatic heterocycles. The van der Waals surface area contributed by atoms with Gasteiger partial charge in [-0.1, -0.05) is 12.6 Å². The van der Waals surface area contributed by atoms with Gasteiger partial charge in [0.2, 0.25) is 0 Å². The minimum absolute atomic E-state index is 0.955. The third kappa shape index (κ3) is 1.49. The predicted octanol–water partition coefficient (Wildman–Crippen LogP) is 3.63. The third-order valence-corrected chi connectivity index (χ3v) is 4.32. The molecule has 0 fully saturated rings. The van der Waals surface area contributed by atoms with Gasteiger partial charge in [-0.15, -0.1) is 0 Å². The maximum atomic E-state index is 4.53. The molecule has 20 heavy (non-hydrogen) atoms. The van der Waals surface area contributed by atoms with Crippen LogP contribution in [0, 0.1) is 0 Å². The van der Waals surface area contributed by atoms with Gasteiger partial charge in [0, 0.05) is 18.9 Å². The fourth-order valence-corrected chi connectivity index (χ4v) is 3.20. The maximum Gasteiger partial charge on any atom is 0.162 e. The lowest BCUT2D eigenvalue weighted by atomic mass is 10.1. The zero-order valence-electron chi connectivity index (χ0n) is 11.6. The third-order valence-electron chi connectivity index (χ3n) is 4.32. The first-order chi connectivity index (χ1) is 9.75. The Morgan fingerprint density at radius 1 is 1.15 bits per heavy atom. The van der Waals surface area contributed by atoms with Gasteiger partial charge in [-0.3, -0.25) is 4.90 Å². The lowest BCUT2D eigenvalue weighted by molar-refractivity contribution is 0.911. The van der Waals surface area contributed by atoms with Crippen molar-refractivity contribution in [3.63, 3.8) is 0 Å². The molecule has 4 rings (SSSR count). The molecule has 0 radical (unpaired) electrons. The van der Waals surface area contributed by atoms with Crippen LogP contribution in [-0.2, 0) is 12.8 Å². The van der Waals surface area contributed by atoms with Crippen LogP contribution in [0.1, 0.15) is 17.5 Å². The van der Waals surface area contributed by atoms with Gasteiger partial charge >= 0.3 is 0 Å². The van der Waals surface area contributed by atoms with Gasteiger partial charge in [0.25, 0.3) is 0 Å². The molecule has 2 aromatic rings. The number of pyridine rings is 1. The van der Waals surface area contributed by atoms with Crippen molar-refractivity contribution in [1.29, 1.82) is 0 Å². The van der Waals surface area contributed by atoms with Crippen molar-refractivity contribution in [2.75, 3.05) is 16.8 Å². The van der Waals surface area contributed by atoms with E-state index in [4.69, 9.17) is 0 Å². The van der Waals surface area contributed by atoms with Crippen molar-refractivity contribution < 1.29 is 0 Å². The molecular formula is C17H17N3. The molecule has 1 aromatic heterocycles. The lowest BCUT2D eigenvalue weighted by Crippen LogP contribution is -2.20. The van der Waals surface area contributed by atoms with Crippen LogP contribution in [0.15, 0.2) is 48.9 Å². The second-order valence-electron chi connectivity index (χ2n) is 5.46. The molecule has 2 heterocycles. The van der Waals surface area contributed by atoms with E-state index < -0.39 is 0 Å². The quantitative estimate of drug-likeness (QED) is 0.783. The van der Waals surface area contributed by atoms with E-state index in [1.807, 2.05) is 19.3 Å². The van der Waals surface area contributed by atoms with Crippen molar-refractivity contribution in [3.8, 4) is 0 Å². The zero-order chi connectivity index (χ0) is 13.7. The summed E-state index contributed by atoms with van der Waals surface area (Å²) in [5.74, 6) is 1.93. The largest absolute Gasteiger partial charge is 0.328 e. The highest BCUT2D eigenvalue weighted by Gasteiger charge is 2.30. The van der Waals surface area contributed by atoms with Crippen LogP contribution in [0.5, 0.6) is 0 Å². The second kappa shape index (κ2) is 4.10. The molecule has 0 atom stereocenters. The van der Waals surface area contributed by atoms with Crippen LogP contribution in [0.25, 0.3) is 0 Å². The van der Waals surface area contributed by atoms with Crippen molar-refractivity contribution in [1.82, 2.24) is 4.98 Å². The molecule has 0 saturated heterocycles. The van der Waals surface area contributed by atoms with Crippen LogP contribution < -0.4 is 9.80 Å². The van der Waals surface area contributed by atoms with Crippen molar-refractivity contribution >= 4 is 17.2 Å². The summed E-state index contributed by atoms with van der Waals surface area (Å²) in [5, 5.41) is 0. The number of hydrogen-bond donors (Lipinski definition) is 0. The molecule has 2 aliphatic rings. The molecule has 100 valence electrons. The topological polar surface area (TPSA) is 19.4 Å². The molecule has 3 nitrogen and oxygen atoms in total. The average molecular weight is 263 g/mol. The minimum atomic E-state index is 0.955. The minimum Gasteiger partial charge on any atom is -0.328 e. The first-order valence-corrected chi connectivity index (χ1v) is 7.05. The first-order valence-electron chi connectivity index (χ1n) is 7.05. The smallest absolute Gasteiger partial charge is 0.162 e. The van der Waals surface area contributed by atoms with E-state index >= 15 is 0 Å². The standard InChI is InChI=1S/C17H17N3/c1-12-19(2)16-7-4-10-18-17(16)20(12)15-9-8-13-5-3-6-14(13)11-15/h4,7-11H,1,3,5-6H2,2H3. The van der Waals surface area contributed by atoms with Gasteiger partial charge in [0.05, 0.1) is 5.69 Å². The molecule has 0 unspecified atom stereocenters. The Kier molecular flexibility index (Phi) is 2.36. The number of nitrogens with zero attached hydrogens (tertiary/aromatic N) is 3. The molecule has 1 aliphatic carbocycles. The van der Waals surface area contributed by atoms with Crippen molar-refractivity contribution in [3.05, 3.63) is 60.1 Å². The summed E-state index contributed by atoms with van der Waals surface area (Å²) < 4.78 is 0. The lowest BCUT2D eigenvalue weighted by Gasteiger charge is -2.21. The zero-order valence-corrected chi connectivity index (χ0v) is 11.6. The van der Waals surface area contributed by atoms with Gasteiger partial charge in [-0.25, -0.2) is 4.98 Å². The number of fused-ring (bicyclic) bond motifs is 2. The first kappa shape index (κ1) is 11.5. The molecule has 1 aromatic carbocycles. The molecule has 0 spiro atoms. The fourth-order valence-electron chi connectivity index (χ4n) is 3.20. The SMILES string of the molecule is C=C1N(C)c2cccnc2N1c1ccc2c(c1)CCC2. The summed E-state index contributed by atoms with van der Waals surface area (Å²) in [5.41, 5.74) is 5.24. The Balaban J connectivity index is 1.84. The monoisotopic (exact) mass is 263 g/mol. The summed E-state index contributed by atoms with van der Waals surface area (Å²) in [6.45, 7) is 4.21. The number of anilines is 3. The molecule has 3 heteroatoms. The van der Waals surface area contributed by atoms with E-state index in [0.29, 0.717) is 0 Å². The van der Waals surface area contributed by atoms with Crippen molar-refractivity contribution in [2.24, 2.45) is 0 Å². The second-order valence-corrected chi connectivity index (χ2v) is 5.46. The highest BCUT2D eigenvalue weighted by molar-refractivity contribution is 5.85. The Hall–Kier alpha value is -2.29. The van der Waals surface area contributed by atoms with Gasteiger partial charge < -0.3 is 4.90 Å². The van der Waals surface area contributed by atoms with Crippen LogP contribution in [0.3, 0.4) is 0 Å². The van der Waals surface area contributed by atoms with Gasteiger partial charge in [0.1, 0.15) is 5.82 Å². The number of rotatable bonds is 1. The van der Waals surface area contributed by atoms with E-state index in [1.54, 1.807) is 0 Å². The number of hydrogen-bond acceptors (Lipinski definition) is 3. The average Bonchev–Trinajstić information content (AvgIpc) is 3.03. The normalized spacial score (nSPS) is 16.6. The van der Waals surface area contributed by atoms with E-state index in [2.05, 4.69) is 45.6 Å². The molecule has 0 saturated carbocycles. The van der Waals surface area contributed by atoms with Crippen LogP contribution in [0.4, 0.5) is 17.2 Å². The Morgan fingerprint density at radius 3 is 2.90 bits per heavy atom. The number of aromatic nitrogens is 1. The molecule has 0 N–H and O–H groups in total. The summed E-state index contributed by atoms with van der Waals surface area (Å²) in [4.78, 5) is 8.77. The van der Waals surface area contributed by atoms with E-state index in [1.165, 1.54) is 36.1 Å². The Bertz CT molecular complexity index is 705. The molecule has 0 bridgehead atoms. The fraction of sp³-hybridized carbons (Fsp3) is 0.235. The van der Waals surface area contributed by atoms with Gasteiger partial charge in [0.15, 0.2) is 5.82 Å². The highest BCUT2D eigenvalue weighted by atomic mass is 15.4. The number of aryl methyl sites for hydroxylation is 2. The summed E-state index contributed by atoms with van der Waals surface area (Å²) in [7, 11) is 2.04. The van der Waals surface area contributed by atoms with E-state index in [0.717, 1.165) is 17.3 Å². The van der Waals surface area contributed by atoms with Crippen LogP contribution in [0.2, 0.25) is 0 Å². The van der Waals surface area contributed by atoms with E-state index in [9.17, 15) is 0 Å². The summed E-state index contributed by atoms with van der Waals surface area (Å²) in [6.07, 6.45) is 5.51. The Morgan fingerprint density at radius 2 is 2.00 bits per heavy atom. The molecule has 0 amide bonds. The highest BCUT2D eigenvalue weighted by Crippen LogP contribution is 2.43. The molecular weight excluding hydrogens is 246 g/mol. The maximum absolute atomic E-state index is 4.53. The van der Waals surface area contributed by atoms with Crippen molar-refractivity contribution in [2.45, 2.75) is 19.3 Å². The summed E-state index contributed by atoms with van der Waals surface area (Å²) >= 11 is 0. The number of benzene rings is 1. The van der Waals surface area contributed by atoms with Gasteiger partial charge in [-0.2, -0.15) is 0 Å². The summed E-state index contributed by atoms with van der Waals surface area (Å²) in [6, 6.07) is 10.8. The predicted molar refractivity (Wildman–Crippen MR) is 82.4 cm³/mol. The van der Waals surface area contributed by atoms with Crippen LogP contribution in [-0.4, -0.2) is 12.0 Å². The van der Waals surface area contributed by atoms with E-state index in [-0.39, 0.29) is 0 Å². The van der Waals surface area contributed by atoms with Crippen LogP contribution >= 0.6 is 0 Å².